The van der Waals surface area contributed by atoms with Crippen LogP contribution in [0.15, 0.2) is 84.9 Å². The van der Waals surface area contributed by atoms with Crippen molar-refractivity contribution >= 4 is 41.3 Å². The van der Waals surface area contributed by atoms with Crippen LogP contribution in [-0.2, 0) is 27.3 Å². The van der Waals surface area contributed by atoms with Crippen molar-refractivity contribution in [3.63, 3.8) is 0 Å². The van der Waals surface area contributed by atoms with E-state index in [2.05, 4.69) is 22.2 Å². The fourth-order valence-electron chi connectivity index (χ4n) is 7.89. The molecule has 2 unspecified atom stereocenters. The normalized spacial score (nSPS) is 16.0. The van der Waals surface area contributed by atoms with Crippen molar-refractivity contribution in [1.29, 1.82) is 0 Å². The largest absolute Gasteiger partial charge is 0.495 e. The zero-order chi connectivity index (χ0) is 44.4. The number of unbranched alkanes of at least 4 members (excludes halogenated alkanes) is 1. The Labute approximate surface area is 365 Å². The van der Waals surface area contributed by atoms with E-state index in [1.54, 1.807) is 47.2 Å². The second-order valence-electron chi connectivity index (χ2n) is 17.1. The minimum Gasteiger partial charge on any atom is -0.495 e. The highest BCUT2D eigenvalue weighted by molar-refractivity contribution is 6.10. The summed E-state index contributed by atoms with van der Waals surface area (Å²) >= 11 is 0. The van der Waals surface area contributed by atoms with Gasteiger partial charge in [-0.1, -0.05) is 42.5 Å². The Balaban J connectivity index is 1.12. The van der Waals surface area contributed by atoms with Crippen molar-refractivity contribution in [3.05, 3.63) is 113 Å². The molecule has 0 aliphatic carbocycles. The monoisotopic (exact) mass is 847 g/mol. The average molecular weight is 848 g/mol. The Kier molecular flexibility index (Phi) is 15.4. The van der Waals surface area contributed by atoms with E-state index in [4.69, 9.17) is 18.9 Å². The molecule has 1 N–H and O–H groups in total. The van der Waals surface area contributed by atoms with E-state index in [9.17, 15) is 19.2 Å². The number of methoxy groups -OCH3 is 1. The quantitative estimate of drug-likeness (QED) is 0.0831. The van der Waals surface area contributed by atoms with Gasteiger partial charge >= 0.3 is 6.09 Å². The van der Waals surface area contributed by atoms with E-state index < -0.39 is 23.6 Å². The molecule has 0 saturated carbocycles. The molecule has 0 bridgehead atoms. The topological polar surface area (TPSA) is 130 Å². The number of aldehydes is 1. The average Bonchev–Trinajstić information content (AvgIpc) is 3.63. The van der Waals surface area contributed by atoms with Gasteiger partial charge in [0.2, 0.25) is 0 Å². The highest BCUT2D eigenvalue weighted by atomic mass is 16.6. The number of ether oxygens (including phenoxy) is 4. The van der Waals surface area contributed by atoms with Gasteiger partial charge < -0.3 is 38.9 Å². The van der Waals surface area contributed by atoms with Crippen LogP contribution in [0.4, 0.5) is 21.9 Å². The summed E-state index contributed by atoms with van der Waals surface area (Å²) in [5, 5.41) is 2.98. The van der Waals surface area contributed by atoms with Crippen molar-refractivity contribution in [1.82, 2.24) is 9.80 Å². The van der Waals surface area contributed by atoms with Crippen LogP contribution in [0, 0.1) is 6.92 Å². The molecular weight excluding hydrogens is 787 g/mol. The molecule has 2 heterocycles. The number of fused-ring (bicyclic) bond motifs is 1. The van der Waals surface area contributed by atoms with Crippen LogP contribution in [0.5, 0.6) is 11.5 Å². The van der Waals surface area contributed by atoms with Crippen LogP contribution in [0.1, 0.15) is 77.4 Å². The minimum atomic E-state index is -0.729. The number of benzene rings is 4. The number of nitrogens with one attached hydrogen (secondary N) is 1. The molecule has 0 spiro atoms. The third-order valence-electron chi connectivity index (χ3n) is 11.3. The first-order valence-corrected chi connectivity index (χ1v) is 21.4. The van der Waals surface area contributed by atoms with Crippen LogP contribution < -0.4 is 24.6 Å². The molecule has 1 fully saturated rings. The summed E-state index contributed by atoms with van der Waals surface area (Å²) in [7, 11) is 5.28. The SMILES string of the molecule is COc1cc(C(=O)N(C)c2ccc(C)cc2OCCCCC(C=O)N2CCN(C)CC2)ccc1NC(=O)c1cccc2c1CC(COCc1ccccc1)N2C(=O)OC(C)(C)C. The fraction of sp³-hybridized carbons (Fsp3) is 0.429. The van der Waals surface area contributed by atoms with Gasteiger partial charge in [-0.2, -0.15) is 0 Å². The van der Waals surface area contributed by atoms with Gasteiger partial charge in [-0.25, -0.2) is 4.79 Å². The highest BCUT2D eigenvalue weighted by Crippen LogP contribution is 2.38. The number of carbonyl (C=O) groups excluding carboxylic acids is 4. The molecule has 4 aromatic carbocycles. The van der Waals surface area contributed by atoms with E-state index in [0.717, 1.165) is 62.9 Å². The fourth-order valence-corrected chi connectivity index (χ4v) is 7.89. The number of likely N-dealkylation sites (N-methyl/N-ethyl adjacent to an activating group) is 1. The molecule has 2 aliphatic rings. The van der Waals surface area contributed by atoms with E-state index in [-0.39, 0.29) is 18.6 Å². The van der Waals surface area contributed by atoms with Crippen molar-refractivity contribution in [2.24, 2.45) is 0 Å². The molecule has 2 aliphatic heterocycles. The van der Waals surface area contributed by atoms with Gasteiger partial charge in [-0.05, 0) is 120 Å². The van der Waals surface area contributed by atoms with Gasteiger partial charge in [0.15, 0.2) is 0 Å². The lowest BCUT2D eigenvalue weighted by atomic mass is 10.0. The molecule has 4 aromatic rings. The Morgan fingerprint density at radius 1 is 0.919 bits per heavy atom. The molecule has 62 heavy (non-hydrogen) atoms. The predicted octanol–water partition coefficient (Wildman–Crippen LogP) is 7.78. The number of hydrogen-bond donors (Lipinski definition) is 1. The van der Waals surface area contributed by atoms with Crippen molar-refractivity contribution < 1.29 is 38.1 Å². The summed E-state index contributed by atoms with van der Waals surface area (Å²) in [5.41, 5.74) is 4.30. The third kappa shape index (κ3) is 11.6. The number of piperazine rings is 1. The second-order valence-corrected chi connectivity index (χ2v) is 17.1. The maximum Gasteiger partial charge on any atom is 0.415 e. The van der Waals surface area contributed by atoms with Gasteiger partial charge in [0, 0.05) is 44.4 Å². The zero-order valence-electron chi connectivity index (χ0n) is 37.1. The first kappa shape index (κ1) is 45.8. The zero-order valence-corrected chi connectivity index (χ0v) is 37.1. The van der Waals surface area contributed by atoms with Gasteiger partial charge in [0.1, 0.15) is 23.4 Å². The van der Waals surface area contributed by atoms with Crippen LogP contribution in [0.2, 0.25) is 0 Å². The van der Waals surface area contributed by atoms with Crippen molar-refractivity contribution in [2.75, 3.05) is 75.7 Å². The molecule has 13 heteroatoms. The summed E-state index contributed by atoms with van der Waals surface area (Å²) in [6.45, 7) is 12.2. The molecule has 6 rings (SSSR count). The molecule has 2 atom stereocenters. The van der Waals surface area contributed by atoms with E-state index in [1.165, 1.54) is 7.11 Å². The number of rotatable bonds is 17. The van der Waals surface area contributed by atoms with E-state index in [0.29, 0.717) is 64.9 Å². The first-order valence-electron chi connectivity index (χ1n) is 21.4. The maximum atomic E-state index is 14.0. The lowest BCUT2D eigenvalue weighted by Gasteiger charge is -2.35. The van der Waals surface area contributed by atoms with Gasteiger partial charge in [0.25, 0.3) is 11.8 Å². The van der Waals surface area contributed by atoms with Crippen molar-refractivity contribution in [2.45, 2.75) is 77.7 Å². The summed E-state index contributed by atoms with van der Waals surface area (Å²) < 4.78 is 23.9. The molecule has 330 valence electrons. The van der Waals surface area contributed by atoms with Gasteiger partial charge in [-0.3, -0.25) is 19.4 Å². The van der Waals surface area contributed by atoms with Gasteiger partial charge in [0.05, 0.1) is 56.1 Å². The second kappa shape index (κ2) is 20.9. The number of hydrogen-bond acceptors (Lipinski definition) is 10. The number of amides is 3. The first-order chi connectivity index (χ1) is 29.8. The highest BCUT2D eigenvalue weighted by Gasteiger charge is 2.39. The third-order valence-corrected chi connectivity index (χ3v) is 11.3. The molecule has 0 radical (unpaired) electrons. The van der Waals surface area contributed by atoms with Crippen LogP contribution in [0.25, 0.3) is 0 Å². The van der Waals surface area contributed by atoms with Crippen LogP contribution in [0.3, 0.4) is 0 Å². The summed E-state index contributed by atoms with van der Waals surface area (Å²) in [5.74, 6) is 0.208. The molecule has 13 nitrogen and oxygen atoms in total. The van der Waals surface area contributed by atoms with E-state index >= 15 is 0 Å². The lowest BCUT2D eigenvalue weighted by Crippen LogP contribution is -2.49. The molecular formula is C49H61N5O8. The maximum absolute atomic E-state index is 14.0. The number of carbonyl (C=O) groups is 4. The lowest BCUT2D eigenvalue weighted by molar-refractivity contribution is -0.113. The summed E-state index contributed by atoms with van der Waals surface area (Å²) in [6, 6.07) is 25.2. The Morgan fingerprint density at radius 3 is 2.39 bits per heavy atom. The minimum absolute atomic E-state index is 0.0849. The van der Waals surface area contributed by atoms with Crippen LogP contribution >= 0.6 is 0 Å². The number of nitrogens with zero attached hydrogens (tertiary/aromatic N) is 4. The molecule has 1 saturated heterocycles. The van der Waals surface area contributed by atoms with Crippen LogP contribution in [-0.4, -0.2) is 112 Å². The van der Waals surface area contributed by atoms with Crippen molar-refractivity contribution in [3.8, 4) is 11.5 Å². The Bertz CT molecular complexity index is 2180. The summed E-state index contributed by atoms with van der Waals surface area (Å²) in [6.07, 6.45) is 3.32. The number of anilines is 3. The predicted molar refractivity (Wildman–Crippen MR) is 242 cm³/mol. The van der Waals surface area contributed by atoms with E-state index in [1.807, 2.05) is 82.3 Å². The smallest absolute Gasteiger partial charge is 0.415 e. The standard InChI is InChI=1S/C49H61N5O8/c1-34-19-22-43(45(28-34)61-27-12-11-16-37(31-55)53-25-23-51(5)24-26-53)52(6)47(57)36-20-21-41(44(29-36)59-7)50-46(56)39-17-13-18-42-40(39)30-38(54(42)48(58)62-49(2,3)4)33-60-32-35-14-9-8-10-15-35/h8-10,13-15,17-22,28-29,31,37-38H,11-12,16,23-27,30,32-33H2,1-7H3,(H,50,56). The summed E-state index contributed by atoms with van der Waals surface area (Å²) in [4.78, 5) is 61.2. The molecule has 0 aromatic heterocycles. The Morgan fingerprint density at radius 2 is 1.68 bits per heavy atom. The Hall–Kier alpha value is -5.76. The molecule has 3 amide bonds. The van der Waals surface area contributed by atoms with Gasteiger partial charge in [-0.15, -0.1) is 0 Å². The number of aryl methyl sites for hydroxylation is 1.